The third-order valence-electron chi connectivity index (χ3n) is 4.47. The van der Waals surface area contributed by atoms with Crippen molar-refractivity contribution in [3.8, 4) is 5.75 Å². The lowest BCUT2D eigenvalue weighted by molar-refractivity contribution is 0.0513. The minimum Gasteiger partial charge on any atom is -0.494 e. The van der Waals surface area contributed by atoms with Crippen LogP contribution in [0.3, 0.4) is 0 Å². The van der Waals surface area contributed by atoms with Crippen LogP contribution in [-0.4, -0.2) is 45.4 Å². The Labute approximate surface area is 169 Å². The van der Waals surface area contributed by atoms with E-state index >= 15 is 0 Å². The topological polar surface area (TPSA) is 54.9 Å². The van der Waals surface area contributed by atoms with Crippen LogP contribution in [0.1, 0.15) is 39.2 Å². The smallest absolute Gasteiger partial charge is 0.191 e. The summed E-state index contributed by atoms with van der Waals surface area (Å²) < 4.78 is 11.2. The molecule has 0 bridgehead atoms. The summed E-state index contributed by atoms with van der Waals surface area (Å²) in [5, 5.41) is 6.85. The summed E-state index contributed by atoms with van der Waals surface area (Å²) in [6.07, 6.45) is 2.01. The summed E-state index contributed by atoms with van der Waals surface area (Å²) in [7, 11) is 1.81. The van der Waals surface area contributed by atoms with Gasteiger partial charge in [0.2, 0.25) is 0 Å². The molecule has 2 rings (SSSR count). The van der Waals surface area contributed by atoms with Gasteiger partial charge < -0.3 is 20.1 Å². The monoisotopic (exact) mass is 461 g/mol. The number of halogens is 1. The van der Waals surface area contributed by atoms with E-state index in [9.17, 15) is 0 Å². The molecule has 1 saturated heterocycles. The number of nitrogens with one attached hydrogen (secondary N) is 2. The number of guanidine groups is 1. The van der Waals surface area contributed by atoms with Crippen molar-refractivity contribution in [1.29, 1.82) is 0 Å². The lowest BCUT2D eigenvalue weighted by Gasteiger charge is -2.38. The highest BCUT2D eigenvalue weighted by Crippen LogP contribution is 2.35. The van der Waals surface area contributed by atoms with Gasteiger partial charge in [0.15, 0.2) is 5.96 Å². The molecule has 1 aromatic carbocycles. The van der Waals surface area contributed by atoms with Gasteiger partial charge >= 0.3 is 0 Å². The highest BCUT2D eigenvalue weighted by Gasteiger charge is 2.34. The van der Waals surface area contributed by atoms with Crippen LogP contribution >= 0.6 is 24.0 Å². The molecule has 142 valence electrons. The Kier molecular flexibility index (Phi) is 9.56. The Morgan fingerprint density at radius 2 is 1.88 bits per heavy atom. The fourth-order valence-electron chi connectivity index (χ4n) is 3.12. The van der Waals surface area contributed by atoms with E-state index < -0.39 is 0 Å². The summed E-state index contributed by atoms with van der Waals surface area (Å²) in [4.78, 5) is 4.32. The van der Waals surface area contributed by atoms with Crippen LogP contribution in [0.5, 0.6) is 5.75 Å². The van der Waals surface area contributed by atoms with Crippen molar-refractivity contribution in [2.45, 2.75) is 45.1 Å². The molecule has 0 aromatic heterocycles. The first-order valence-electron chi connectivity index (χ1n) is 8.88. The summed E-state index contributed by atoms with van der Waals surface area (Å²) in [6.45, 7) is 9.36. The van der Waals surface area contributed by atoms with Crippen LogP contribution in [0, 0.1) is 0 Å². The van der Waals surface area contributed by atoms with Crippen LogP contribution in [-0.2, 0) is 10.2 Å². The largest absolute Gasteiger partial charge is 0.494 e. The van der Waals surface area contributed by atoms with Gasteiger partial charge in [-0.2, -0.15) is 0 Å². The molecule has 0 unspecified atom stereocenters. The van der Waals surface area contributed by atoms with Gasteiger partial charge in [-0.05, 0) is 51.3 Å². The molecule has 0 amide bonds. The number of hydrogen-bond donors (Lipinski definition) is 2. The van der Waals surface area contributed by atoms with Crippen molar-refractivity contribution in [1.82, 2.24) is 10.6 Å². The standard InChI is InChI=1S/C19H31N3O2.HI/c1-5-24-17-8-6-16(7-9-17)19(10-12-23-13-11-19)14-21-18(20-4)22-15(2)3;/h6-9,15H,5,10-14H2,1-4H3,(H2,20,21,22);1H. The zero-order valence-electron chi connectivity index (χ0n) is 15.8. The molecule has 0 aliphatic carbocycles. The maximum absolute atomic E-state index is 5.61. The summed E-state index contributed by atoms with van der Waals surface area (Å²) in [6, 6.07) is 8.87. The first kappa shape index (κ1) is 22.0. The quantitative estimate of drug-likeness (QED) is 0.388. The fraction of sp³-hybridized carbons (Fsp3) is 0.632. The first-order valence-corrected chi connectivity index (χ1v) is 8.88. The molecule has 2 N–H and O–H groups in total. The summed E-state index contributed by atoms with van der Waals surface area (Å²) in [5.74, 6) is 1.77. The van der Waals surface area contributed by atoms with Gasteiger partial charge in [0.25, 0.3) is 0 Å². The van der Waals surface area contributed by atoms with Gasteiger partial charge in [-0.3, -0.25) is 4.99 Å². The molecule has 1 aliphatic rings. The molecule has 1 fully saturated rings. The molecule has 1 heterocycles. The first-order chi connectivity index (χ1) is 11.6. The Balaban J connectivity index is 0.00000312. The number of hydrogen-bond acceptors (Lipinski definition) is 3. The molecule has 0 spiro atoms. The Hall–Kier alpha value is -1.02. The van der Waals surface area contributed by atoms with Gasteiger partial charge in [-0.15, -0.1) is 24.0 Å². The molecule has 25 heavy (non-hydrogen) atoms. The molecule has 0 saturated carbocycles. The van der Waals surface area contributed by atoms with E-state index in [0.717, 1.165) is 44.3 Å². The van der Waals surface area contributed by atoms with E-state index in [0.29, 0.717) is 12.6 Å². The number of benzene rings is 1. The van der Waals surface area contributed by atoms with Crippen LogP contribution < -0.4 is 15.4 Å². The molecule has 0 atom stereocenters. The molecule has 1 aliphatic heterocycles. The minimum atomic E-state index is 0. The molecule has 6 heteroatoms. The van der Waals surface area contributed by atoms with Crippen molar-refractivity contribution >= 4 is 29.9 Å². The average molecular weight is 461 g/mol. The van der Waals surface area contributed by atoms with E-state index in [2.05, 4.69) is 53.7 Å². The van der Waals surface area contributed by atoms with Gasteiger partial charge in [0.05, 0.1) is 6.61 Å². The van der Waals surface area contributed by atoms with Crippen LogP contribution in [0.2, 0.25) is 0 Å². The maximum atomic E-state index is 5.61. The molecule has 5 nitrogen and oxygen atoms in total. The molecule has 0 radical (unpaired) electrons. The predicted octanol–water partition coefficient (Wildman–Crippen LogP) is 3.32. The second-order valence-corrected chi connectivity index (χ2v) is 6.57. The maximum Gasteiger partial charge on any atom is 0.191 e. The molecule has 1 aromatic rings. The lowest BCUT2D eigenvalue weighted by atomic mass is 9.74. The van der Waals surface area contributed by atoms with Crippen molar-refractivity contribution < 1.29 is 9.47 Å². The fourth-order valence-corrected chi connectivity index (χ4v) is 3.12. The van der Waals surface area contributed by atoms with E-state index in [1.807, 2.05) is 14.0 Å². The Bertz CT molecular complexity index is 526. The number of ether oxygens (including phenoxy) is 2. The number of aliphatic imine (C=N–C) groups is 1. The second kappa shape index (κ2) is 10.9. The highest BCUT2D eigenvalue weighted by atomic mass is 127. The SMILES string of the molecule is CCOc1ccc(C2(CNC(=NC)NC(C)C)CCOCC2)cc1.I. The third kappa shape index (κ3) is 6.33. The minimum absolute atomic E-state index is 0. The normalized spacial score (nSPS) is 16.9. The van der Waals surface area contributed by atoms with Crippen LogP contribution in [0.25, 0.3) is 0 Å². The number of rotatable bonds is 6. The van der Waals surface area contributed by atoms with Crippen LogP contribution in [0.4, 0.5) is 0 Å². The lowest BCUT2D eigenvalue weighted by Crippen LogP contribution is -2.49. The van der Waals surface area contributed by atoms with Gasteiger partial charge in [0, 0.05) is 38.3 Å². The zero-order valence-corrected chi connectivity index (χ0v) is 18.1. The van der Waals surface area contributed by atoms with Crippen molar-refractivity contribution in [3.63, 3.8) is 0 Å². The second-order valence-electron chi connectivity index (χ2n) is 6.57. The summed E-state index contributed by atoms with van der Waals surface area (Å²) >= 11 is 0. The van der Waals surface area contributed by atoms with Gasteiger partial charge in [-0.1, -0.05) is 12.1 Å². The van der Waals surface area contributed by atoms with E-state index in [-0.39, 0.29) is 29.4 Å². The van der Waals surface area contributed by atoms with Crippen molar-refractivity contribution in [3.05, 3.63) is 29.8 Å². The third-order valence-corrected chi connectivity index (χ3v) is 4.47. The van der Waals surface area contributed by atoms with E-state index in [4.69, 9.17) is 9.47 Å². The summed E-state index contributed by atoms with van der Waals surface area (Å²) in [5.41, 5.74) is 1.40. The van der Waals surface area contributed by atoms with E-state index in [1.165, 1.54) is 5.56 Å². The Morgan fingerprint density at radius 1 is 1.24 bits per heavy atom. The predicted molar refractivity (Wildman–Crippen MR) is 114 cm³/mol. The van der Waals surface area contributed by atoms with Gasteiger partial charge in [0.1, 0.15) is 5.75 Å². The average Bonchev–Trinajstić information content (AvgIpc) is 2.60. The van der Waals surface area contributed by atoms with Crippen molar-refractivity contribution in [2.24, 2.45) is 4.99 Å². The van der Waals surface area contributed by atoms with Crippen LogP contribution in [0.15, 0.2) is 29.3 Å². The number of nitrogens with zero attached hydrogens (tertiary/aromatic N) is 1. The Morgan fingerprint density at radius 3 is 2.40 bits per heavy atom. The molecular formula is C19H32IN3O2. The molecular weight excluding hydrogens is 429 g/mol. The highest BCUT2D eigenvalue weighted by molar-refractivity contribution is 14.0. The van der Waals surface area contributed by atoms with Crippen molar-refractivity contribution in [2.75, 3.05) is 33.4 Å². The zero-order chi connectivity index (χ0) is 17.4. The van der Waals surface area contributed by atoms with E-state index in [1.54, 1.807) is 0 Å². The van der Waals surface area contributed by atoms with Gasteiger partial charge in [-0.25, -0.2) is 0 Å².